The van der Waals surface area contributed by atoms with Crippen LogP contribution in [-0.2, 0) is 4.79 Å². The van der Waals surface area contributed by atoms with Gasteiger partial charge in [0, 0.05) is 0 Å². The van der Waals surface area contributed by atoms with Crippen molar-refractivity contribution < 1.29 is 9.90 Å². The molecule has 22 heavy (non-hydrogen) atoms. The second kappa shape index (κ2) is 6.78. The first-order chi connectivity index (χ1) is 10.8. The van der Waals surface area contributed by atoms with Gasteiger partial charge in [-0.1, -0.05) is 73.9 Å². The van der Waals surface area contributed by atoms with Crippen LogP contribution in [0.1, 0.15) is 43.6 Å². The lowest BCUT2D eigenvalue weighted by Gasteiger charge is -2.27. The topological polar surface area (TPSA) is 37.3 Å². The minimum absolute atomic E-state index is 0.286. The van der Waals surface area contributed by atoms with Crippen LogP contribution in [0.4, 0.5) is 0 Å². The molecule has 0 spiro atoms. The van der Waals surface area contributed by atoms with Crippen molar-refractivity contribution in [3.63, 3.8) is 0 Å². The third-order valence-corrected chi connectivity index (χ3v) is 4.76. The molecule has 1 atom stereocenters. The first kappa shape index (κ1) is 14.8. The number of hydrogen-bond acceptors (Lipinski definition) is 1. The zero-order chi connectivity index (χ0) is 15.4. The van der Waals surface area contributed by atoms with E-state index in [1.807, 2.05) is 42.5 Å². The second-order valence-corrected chi connectivity index (χ2v) is 6.20. The molecule has 3 rings (SSSR count). The molecule has 2 nitrogen and oxygen atoms in total. The number of hydrogen-bond donors (Lipinski definition) is 1. The van der Waals surface area contributed by atoms with Gasteiger partial charge in [0.2, 0.25) is 0 Å². The van der Waals surface area contributed by atoms with Crippen molar-refractivity contribution in [2.45, 2.75) is 38.0 Å². The fourth-order valence-electron chi connectivity index (χ4n) is 3.60. The van der Waals surface area contributed by atoms with Crippen molar-refractivity contribution >= 4 is 5.97 Å². The monoisotopic (exact) mass is 294 g/mol. The molecule has 2 heteroatoms. The van der Waals surface area contributed by atoms with Crippen LogP contribution < -0.4 is 0 Å². The van der Waals surface area contributed by atoms with Crippen LogP contribution in [-0.4, -0.2) is 11.1 Å². The molecule has 2 aromatic carbocycles. The molecule has 2 aromatic rings. The molecule has 0 bridgehead atoms. The Hall–Kier alpha value is -2.09. The van der Waals surface area contributed by atoms with E-state index in [-0.39, 0.29) is 11.8 Å². The summed E-state index contributed by atoms with van der Waals surface area (Å²) < 4.78 is 0. The molecular formula is C20H22O2. The number of aliphatic carboxylic acids is 1. The Bertz CT molecular complexity index is 610. The van der Waals surface area contributed by atoms with Crippen LogP contribution in [0.5, 0.6) is 0 Å². The van der Waals surface area contributed by atoms with Gasteiger partial charge in [0.1, 0.15) is 0 Å². The number of carboxylic acids is 1. The molecule has 0 saturated heterocycles. The van der Waals surface area contributed by atoms with Crippen LogP contribution in [0.25, 0.3) is 11.1 Å². The first-order valence-corrected chi connectivity index (χ1v) is 8.14. The minimum atomic E-state index is -0.681. The van der Waals surface area contributed by atoms with Gasteiger partial charge in [-0.15, -0.1) is 0 Å². The molecule has 0 amide bonds. The molecule has 0 radical (unpaired) electrons. The molecule has 1 fully saturated rings. The van der Waals surface area contributed by atoms with Crippen LogP contribution in [0.15, 0.2) is 54.6 Å². The van der Waals surface area contributed by atoms with Crippen molar-refractivity contribution in [3.8, 4) is 11.1 Å². The molecule has 1 saturated carbocycles. The lowest BCUT2D eigenvalue weighted by molar-refractivity contribution is -0.140. The Kier molecular flexibility index (Phi) is 4.57. The number of benzene rings is 2. The summed E-state index contributed by atoms with van der Waals surface area (Å²) in [5, 5.41) is 9.67. The molecule has 114 valence electrons. The molecule has 1 aliphatic carbocycles. The summed E-state index contributed by atoms with van der Waals surface area (Å²) >= 11 is 0. The van der Waals surface area contributed by atoms with Gasteiger partial charge in [-0.05, 0) is 35.4 Å². The smallest absolute Gasteiger partial charge is 0.311 e. The Balaban J connectivity index is 1.84. The van der Waals surface area contributed by atoms with E-state index in [0.717, 1.165) is 36.8 Å². The molecule has 0 aliphatic heterocycles. The summed E-state index contributed by atoms with van der Waals surface area (Å²) in [7, 11) is 0. The molecular weight excluding hydrogens is 272 g/mol. The van der Waals surface area contributed by atoms with Crippen molar-refractivity contribution in [1.29, 1.82) is 0 Å². The van der Waals surface area contributed by atoms with E-state index in [4.69, 9.17) is 0 Å². The highest BCUT2D eigenvalue weighted by molar-refractivity contribution is 5.77. The van der Waals surface area contributed by atoms with Gasteiger partial charge in [0.05, 0.1) is 5.92 Å². The third kappa shape index (κ3) is 3.22. The van der Waals surface area contributed by atoms with Gasteiger partial charge in [-0.3, -0.25) is 4.79 Å². The van der Waals surface area contributed by atoms with Crippen LogP contribution in [0.2, 0.25) is 0 Å². The van der Waals surface area contributed by atoms with Crippen LogP contribution in [0.3, 0.4) is 0 Å². The van der Waals surface area contributed by atoms with Crippen molar-refractivity contribution in [2.24, 2.45) is 5.92 Å². The molecule has 1 N–H and O–H groups in total. The first-order valence-electron chi connectivity index (χ1n) is 8.14. The fourth-order valence-corrected chi connectivity index (χ4v) is 3.60. The number of rotatable bonds is 4. The maximum absolute atomic E-state index is 11.8. The van der Waals surface area contributed by atoms with Crippen LogP contribution in [0, 0.1) is 5.92 Å². The summed E-state index contributed by atoms with van der Waals surface area (Å²) in [5.74, 6) is -0.752. The minimum Gasteiger partial charge on any atom is -0.481 e. The summed E-state index contributed by atoms with van der Waals surface area (Å²) in [6, 6.07) is 18.3. The quantitative estimate of drug-likeness (QED) is 0.851. The highest BCUT2D eigenvalue weighted by Crippen LogP contribution is 2.36. The summed E-state index contributed by atoms with van der Waals surface area (Å²) in [6.45, 7) is 0. The zero-order valence-corrected chi connectivity index (χ0v) is 12.7. The Morgan fingerprint density at radius 1 is 0.864 bits per heavy atom. The SMILES string of the molecule is O=C(O)C(c1ccc(-c2ccccc2)cc1)C1CCCCC1. The van der Waals surface area contributed by atoms with Gasteiger partial charge >= 0.3 is 5.97 Å². The van der Waals surface area contributed by atoms with Gasteiger partial charge in [0.25, 0.3) is 0 Å². The third-order valence-electron chi connectivity index (χ3n) is 4.76. The predicted octanol–water partition coefficient (Wildman–Crippen LogP) is 5.10. The Morgan fingerprint density at radius 3 is 2.05 bits per heavy atom. The average Bonchev–Trinajstić information content (AvgIpc) is 2.57. The lowest BCUT2D eigenvalue weighted by Crippen LogP contribution is -2.23. The van der Waals surface area contributed by atoms with Crippen molar-refractivity contribution in [1.82, 2.24) is 0 Å². The molecule has 0 heterocycles. The van der Waals surface area contributed by atoms with Crippen molar-refractivity contribution in [3.05, 3.63) is 60.2 Å². The van der Waals surface area contributed by atoms with Gasteiger partial charge in [0.15, 0.2) is 0 Å². The van der Waals surface area contributed by atoms with Gasteiger partial charge < -0.3 is 5.11 Å². The maximum Gasteiger partial charge on any atom is 0.311 e. The number of carboxylic acid groups (broad SMARTS) is 1. The van der Waals surface area contributed by atoms with Crippen molar-refractivity contribution in [2.75, 3.05) is 0 Å². The number of carbonyl (C=O) groups is 1. The Morgan fingerprint density at radius 2 is 1.45 bits per heavy atom. The summed E-state index contributed by atoms with van der Waals surface area (Å²) in [4.78, 5) is 11.8. The maximum atomic E-state index is 11.8. The highest BCUT2D eigenvalue weighted by Gasteiger charge is 2.30. The molecule has 1 aliphatic rings. The van der Waals surface area contributed by atoms with E-state index in [9.17, 15) is 9.90 Å². The van der Waals surface area contributed by atoms with E-state index in [2.05, 4.69) is 12.1 Å². The zero-order valence-electron chi connectivity index (χ0n) is 12.7. The fraction of sp³-hybridized carbons (Fsp3) is 0.350. The second-order valence-electron chi connectivity index (χ2n) is 6.20. The van der Waals surface area contributed by atoms with Gasteiger partial charge in [-0.2, -0.15) is 0 Å². The summed E-state index contributed by atoms with van der Waals surface area (Å²) in [6.07, 6.45) is 5.65. The predicted molar refractivity (Wildman–Crippen MR) is 88.8 cm³/mol. The lowest BCUT2D eigenvalue weighted by atomic mass is 9.76. The van der Waals surface area contributed by atoms with E-state index in [0.29, 0.717) is 0 Å². The van der Waals surface area contributed by atoms with Gasteiger partial charge in [-0.25, -0.2) is 0 Å². The largest absolute Gasteiger partial charge is 0.481 e. The molecule has 0 aromatic heterocycles. The van der Waals surface area contributed by atoms with E-state index in [1.165, 1.54) is 12.0 Å². The average molecular weight is 294 g/mol. The highest BCUT2D eigenvalue weighted by atomic mass is 16.4. The Labute approximate surface area is 131 Å². The van der Waals surface area contributed by atoms with E-state index in [1.54, 1.807) is 0 Å². The van der Waals surface area contributed by atoms with Crippen LogP contribution >= 0.6 is 0 Å². The normalized spacial score (nSPS) is 17.1. The standard InChI is InChI=1S/C20H22O2/c21-20(22)19(17-9-5-2-6-10-17)18-13-11-16(12-14-18)15-7-3-1-4-8-15/h1,3-4,7-8,11-14,17,19H,2,5-6,9-10H2,(H,21,22). The van der Waals surface area contributed by atoms with E-state index >= 15 is 0 Å². The summed E-state index contributed by atoms with van der Waals surface area (Å²) in [5.41, 5.74) is 3.25. The molecule has 1 unspecified atom stereocenters. The van der Waals surface area contributed by atoms with E-state index < -0.39 is 5.97 Å².